The fourth-order valence-corrected chi connectivity index (χ4v) is 2.12. The largest absolute Gasteiger partial charge is 0.384 e. The first kappa shape index (κ1) is 15.8. The number of hydrogen-bond acceptors (Lipinski definition) is 3. The van der Waals surface area contributed by atoms with E-state index in [0.717, 1.165) is 18.8 Å². The van der Waals surface area contributed by atoms with Crippen molar-refractivity contribution in [2.45, 2.75) is 13.8 Å². The molecule has 0 radical (unpaired) electrons. The van der Waals surface area contributed by atoms with E-state index in [1.165, 1.54) is 0 Å². The van der Waals surface area contributed by atoms with E-state index in [1.807, 2.05) is 12.1 Å². The molecule has 19 heavy (non-hydrogen) atoms. The molecule has 3 N–H and O–H groups in total. The number of benzene rings is 1. The van der Waals surface area contributed by atoms with Crippen molar-refractivity contribution < 1.29 is 4.74 Å². The third-order valence-corrected chi connectivity index (χ3v) is 2.98. The summed E-state index contributed by atoms with van der Waals surface area (Å²) in [5, 5.41) is 8.28. The zero-order chi connectivity index (χ0) is 14.4. The van der Waals surface area contributed by atoms with Gasteiger partial charge in [-0.05, 0) is 24.1 Å². The molecule has 1 rings (SSSR count). The number of nitrogens with two attached hydrogens (primary N) is 1. The molecule has 0 aliphatic heterocycles. The average Bonchev–Trinajstić information content (AvgIpc) is 2.34. The lowest BCUT2D eigenvalue weighted by Crippen LogP contribution is -2.32. The summed E-state index contributed by atoms with van der Waals surface area (Å²) in [4.78, 5) is 2.18. The Morgan fingerprint density at radius 1 is 1.47 bits per heavy atom. The molecule has 0 saturated heterocycles. The highest BCUT2D eigenvalue weighted by molar-refractivity contribution is 6.31. The Balaban J connectivity index is 3.09. The number of hydrogen-bond donors (Lipinski definition) is 2. The lowest BCUT2D eigenvalue weighted by Gasteiger charge is -2.28. The predicted molar refractivity (Wildman–Crippen MR) is 81.4 cm³/mol. The van der Waals surface area contributed by atoms with E-state index in [-0.39, 0.29) is 5.84 Å². The summed E-state index contributed by atoms with van der Waals surface area (Å²) in [6.45, 7) is 6.58. The Morgan fingerprint density at radius 2 is 2.16 bits per heavy atom. The van der Waals surface area contributed by atoms with Crippen LogP contribution in [0.5, 0.6) is 0 Å². The quantitative estimate of drug-likeness (QED) is 0.597. The third-order valence-electron chi connectivity index (χ3n) is 2.74. The number of anilines is 1. The number of amidine groups is 1. The first-order valence-corrected chi connectivity index (χ1v) is 6.71. The Morgan fingerprint density at radius 3 is 2.68 bits per heavy atom. The molecule has 4 nitrogen and oxygen atoms in total. The molecule has 0 amide bonds. The van der Waals surface area contributed by atoms with Gasteiger partial charge in [0.2, 0.25) is 0 Å². The predicted octanol–water partition coefficient (Wildman–Crippen LogP) is 2.73. The minimum absolute atomic E-state index is 0.0312. The summed E-state index contributed by atoms with van der Waals surface area (Å²) in [5.41, 5.74) is 7.25. The standard InChI is InChI=1S/C14H22ClN3O/c1-10(2)9-18(6-7-19-3)13-5-4-11(15)8-12(13)14(16)17/h4-5,8,10H,6-7,9H2,1-3H3,(H3,16,17). The van der Waals surface area contributed by atoms with Gasteiger partial charge in [0.15, 0.2) is 0 Å². The number of methoxy groups -OCH3 is 1. The number of nitrogen functional groups attached to an aromatic ring is 1. The summed E-state index contributed by atoms with van der Waals surface area (Å²) in [7, 11) is 1.68. The molecule has 5 heteroatoms. The molecular formula is C14H22ClN3O. The van der Waals surface area contributed by atoms with Crippen LogP contribution in [0.25, 0.3) is 0 Å². The maximum absolute atomic E-state index is 7.69. The lowest BCUT2D eigenvalue weighted by atomic mass is 10.1. The average molecular weight is 284 g/mol. The van der Waals surface area contributed by atoms with E-state index in [1.54, 1.807) is 13.2 Å². The molecule has 0 atom stereocenters. The minimum Gasteiger partial charge on any atom is -0.384 e. The Bertz CT molecular complexity index is 435. The molecular weight excluding hydrogens is 262 g/mol. The third kappa shape index (κ3) is 4.73. The van der Waals surface area contributed by atoms with Gasteiger partial charge in [-0.2, -0.15) is 0 Å². The first-order valence-electron chi connectivity index (χ1n) is 6.33. The topological polar surface area (TPSA) is 62.3 Å². The van der Waals surface area contributed by atoms with Crippen molar-refractivity contribution in [2.75, 3.05) is 31.7 Å². The highest BCUT2D eigenvalue weighted by atomic mass is 35.5. The van der Waals surface area contributed by atoms with Crippen LogP contribution < -0.4 is 10.6 Å². The summed E-state index contributed by atoms with van der Waals surface area (Å²) in [5.74, 6) is 0.538. The highest BCUT2D eigenvalue weighted by Gasteiger charge is 2.14. The van der Waals surface area contributed by atoms with Crippen molar-refractivity contribution >= 4 is 23.1 Å². The van der Waals surface area contributed by atoms with E-state index in [4.69, 9.17) is 27.5 Å². The lowest BCUT2D eigenvalue weighted by molar-refractivity contribution is 0.204. The molecule has 1 aromatic rings. The van der Waals surface area contributed by atoms with Crippen LogP contribution in [-0.4, -0.2) is 32.6 Å². The van der Waals surface area contributed by atoms with Gasteiger partial charge in [-0.15, -0.1) is 0 Å². The van der Waals surface area contributed by atoms with E-state index in [0.29, 0.717) is 23.1 Å². The number of nitrogens with zero attached hydrogens (tertiary/aromatic N) is 1. The van der Waals surface area contributed by atoms with Crippen LogP contribution in [0.4, 0.5) is 5.69 Å². The van der Waals surface area contributed by atoms with Crippen LogP contribution in [0.2, 0.25) is 5.02 Å². The molecule has 0 unspecified atom stereocenters. The fraction of sp³-hybridized carbons (Fsp3) is 0.500. The fourth-order valence-electron chi connectivity index (χ4n) is 1.95. The summed E-state index contributed by atoms with van der Waals surface area (Å²) < 4.78 is 5.15. The van der Waals surface area contributed by atoms with Gasteiger partial charge in [0.1, 0.15) is 5.84 Å². The van der Waals surface area contributed by atoms with Gasteiger partial charge in [0, 0.05) is 36.5 Å². The second-order valence-electron chi connectivity index (χ2n) is 4.91. The maximum atomic E-state index is 7.69. The van der Waals surface area contributed by atoms with Crippen LogP contribution in [0.15, 0.2) is 18.2 Å². The minimum atomic E-state index is 0.0312. The van der Waals surface area contributed by atoms with Crippen molar-refractivity contribution in [1.82, 2.24) is 0 Å². The van der Waals surface area contributed by atoms with Crippen molar-refractivity contribution in [3.05, 3.63) is 28.8 Å². The van der Waals surface area contributed by atoms with Crippen LogP contribution >= 0.6 is 11.6 Å². The van der Waals surface area contributed by atoms with Gasteiger partial charge >= 0.3 is 0 Å². The Labute approximate surface area is 120 Å². The second-order valence-corrected chi connectivity index (χ2v) is 5.34. The van der Waals surface area contributed by atoms with Gasteiger partial charge < -0.3 is 15.4 Å². The van der Waals surface area contributed by atoms with Crippen LogP contribution in [-0.2, 0) is 4.74 Å². The van der Waals surface area contributed by atoms with Gasteiger partial charge in [0.25, 0.3) is 0 Å². The molecule has 0 bridgehead atoms. The van der Waals surface area contributed by atoms with Gasteiger partial charge in [-0.3, -0.25) is 5.41 Å². The molecule has 0 aliphatic rings. The van der Waals surface area contributed by atoms with E-state index in [2.05, 4.69) is 18.7 Å². The summed E-state index contributed by atoms with van der Waals surface area (Å²) in [6, 6.07) is 5.47. The van der Waals surface area contributed by atoms with Gasteiger partial charge in [-0.1, -0.05) is 25.4 Å². The van der Waals surface area contributed by atoms with E-state index < -0.39 is 0 Å². The number of halogens is 1. The summed E-state index contributed by atoms with van der Waals surface area (Å²) >= 11 is 5.98. The number of ether oxygens (including phenoxy) is 1. The molecule has 0 aliphatic carbocycles. The molecule has 0 spiro atoms. The molecule has 106 valence electrons. The SMILES string of the molecule is COCCN(CC(C)C)c1ccc(Cl)cc1C(=N)N. The van der Waals surface area contributed by atoms with Crippen molar-refractivity contribution in [1.29, 1.82) is 5.41 Å². The van der Waals surface area contributed by atoms with Gasteiger partial charge in [0.05, 0.1) is 6.61 Å². The zero-order valence-electron chi connectivity index (χ0n) is 11.7. The molecule has 0 aromatic heterocycles. The normalized spacial score (nSPS) is 10.8. The molecule has 0 heterocycles. The second kappa shape index (κ2) is 7.36. The van der Waals surface area contributed by atoms with Crippen molar-refractivity contribution in [2.24, 2.45) is 11.7 Å². The first-order chi connectivity index (χ1) is 8.95. The zero-order valence-corrected chi connectivity index (χ0v) is 12.5. The van der Waals surface area contributed by atoms with Crippen LogP contribution in [0, 0.1) is 11.3 Å². The van der Waals surface area contributed by atoms with Crippen molar-refractivity contribution in [3.63, 3.8) is 0 Å². The molecule has 1 aromatic carbocycles. The Kier molecular flexibility index (Phi) is 6.12. The summed E-state index contributed by atoms with van der Waals surface area (Å²) in [6.07, 6.45) is 0. The maximum Gasteiger partial charge on any atom is 0.124 e. The van der Waals surface area contributed by atoms with Crippen LogP contribution in [0.3, 0.4) is 0 Å². The molecule has 0 fully saturated rings. The smallest absolute Gasteiger partial charge is 0.124 e. The van der Waals surface area contributed by atoms with Crippen molar-refractivity contribution in [3.8, 4) is 0 Å². The number of nitrogens with one attached hydrogen (secondary N) is 1. The van der Waals surface area contributed by atoms with E-state index in [9.17, 15) is 0 Å². The highest BCUT2D eigenvalue weighted by Crippen LogP contribution is 2.24. The Hall–Kier alpha value is -1.26. The van der Waals surface area contributed by atoms with E-state index >= 15 is 0 Å². The monoisotopic (exact) mass is 283 g/mol. The van der Waals surface area contributed by atoms with Gasteiger partial charge in [-0.25, -0.2) is 0 Å². The number of rotatable bonds is 7. The molecule has 0 saturated carbocycles. The van der Waals surface area contributed by atoms with Crippen LogP contribution in [0.1, 0.15) is 19.4 Å².